The van der Waals surface area contributed by atoms with Gasteiger partial charge in [-0.2, -0.15) is 0 Å². The number of furan rings is 1. The molecule has 27 heavy (non-hydrogen) atoms. The number of halogens is 1. The van der Waals surface area contributed by atoms with Crippen molar-refractivity contribution in [1.82, 2.24) is 15.5 Å². The van der Waals surface area contributed by atoms with Gasteiger partial charge in [0.2, 0.25) is 0 Å². The summed E-state index contributed by atoms with van der Waals surface area (Å²) in [5.41, 5.74) is 0.861. The molecule has 0 aromatic carbocycles. The molecule has 2 rings (SSSR count). The first kappa shape index (κ1) is 23.8. The van der Waals surface area contributed by atoms with E-state index in [0.717, 1.165) is 49.4 Å². The molecule has 2 N–H and O–H groups in total. The summed E-state index contributed by atoms with van der Waals surface area (Å²) in [4.78, 5) is 19.1. The Morgan fingerprint density at radius 2 is 2.19 bits per heavy atom. The minimum atomic E-state index is -0.153. The topological polar surface area (TPSA) is 69.9 Å². The van der Waals surface area contributed by atoms with Crippen molar-refractivity contribution in [1.29, 1.82) is 0 Å². The lowest BCUT2D eigenvalue weighted by molar-refractivity contribution is 0.0925. The van der Waals surface area contributed by atoms with Gasteiger partial charge in [0.1, 0.15) is 0 Å². The lowest BCUT2D eigenvalue weighted by Gasteiger charge is -2.22. The van der Waals surface area contributed by atoms with Crippen molar-refractivity contribution >= 4 is 35.8 Å². The molecule has 6 nitrogen and oxygen atoms in total. The fourth-order valence-corrected chi connectivity index (χ4v) is 3.46. The normalized spacial score (nSPS) is 17.1. The number of nitrogens with zero attached hydrogens (tertiary/aromatic N) is 2. The molecule has 1 fully saturated rings. The lowest BCUT2D eigenvalue weighted by Crippen LogP contribution is -2.40. The summed E-state index contributed by atoms with van der Waals surface area (Å²) in [5, 5.41) is 6.30. The maximum atomic E-state index is 12.0. The number of aryl methyl sites for hydroxylation is 1. The zero-order chi connectivity index (χ0) is 18.9. The number of rotatable bonds is 8. The average Bonchev–Trinajstić information content (AvgIpc) is 3.22. The van der Waals surface area contributed by atoms with E-state index in [0.29, 0.717) is 18.8 Å². The Hall–Kier alpha value is -1.25. The van der Waals surface area contributed by atoms with Gasteiger partial charge in [-0.05, 0) is 51.0 Å². The standard InChI is InChI=1S/C20H34N4O2.HI/c1-5-21-20(24-11-7-17(14-24)13-15(2)3)23-10-6-9-22-19(25)18-16(4)8-12-26-18;/h8,12,15,17H,5-7,9-11,13-14H2,1-4H3,(H,21,23)(H,22,25);1H. The number of guanidine groups is 1. The van der Waals surface area contributed by atoms with Gasteiger partial charge in [0.05, 0.1) is 6.26 Å². The molecule has 1 aliphatic heterocycles. The second-order valence-electron chi connectivity index (χ2n) is 7.51. The van der Waals surface area contributed by atoms with Gasteiger partial charge in [-0.3, -0.25) is 9.79 Å². The van der Waals surface area contributed by atoms with Crippen LogP contribution in [0.25, 0.3) is 0 Å². The molecule has 1 unspecified atom stereocenters. The number of carbonyl (C=O) groups excluding carboxylic acids is 1. The summed E-state index contributed by atoms with van der Waals surface area (Å²) in [5.74, 6) is 2.78. The molecule has 0 radical (unpaired) electrons. The molecule has 1 aromatic rings. The van der Waals surface area contributed by atoms with Gasteiger partial charge in [0.15, 0.2) is 11.7 Å². The zero-order valence-electron chi connectivity index (χ0n) is 17.1. The van der Waals surface area contributed by atoms with Crippen LogP contribution in [0.3, 0.4) is 0 Å². The molecular formula is C20H35IN4O2. The monoisotopic (exact) mass is 490 g/mol. The second kappa shape index (κ2) is 12.3. The molecule has 1 atom stereocenters. The van der Waals surface area contributed by atoms with Gasteiger partial charge in [0, 0.05) is 38.3 Å². The number of nitrogens with one attached hydrogen (secondary N) is 2. The fourth-order valence-electron chi connectivity index (χ4n) is 3.46. The van der Waals surface area contributed by atoms with Crippen LogP contribution in [0.5, 0.6) is 0 Å². The van der Waals surface area contributed by atoms with Gasteiger partial charge < -0.3 is 20.0 Å². The van der Waals surface area contributed by atoms with E-state index in [9.17, 15) is 4.79 Å². The Morgan fingerprint density at radius 3 is 2.81 bits per heavy atom. The molecule has 0 spiro atoms. The predicted molar refractivity (Wildman–Crippen MR) is 121 cm³/mol. The Labute approximate surface area is 180 Å². The van der Waals surface area contributed by atoms with E-state index in [2.05, 4.69) is 36.3 Å². The quantitative estimate of drug-likeness (QED) is 0.253. The van der Waals surface area contributed by atoms with E-state index in [1.165, 1.54) is 12.8 Å². The summed E-state index contributed by atoms with van der Waals surface area (Å²) in [6, 6.07) is 1.80. The van der Waals surface area contributed by atoms with E-state index < -0.39 is 0 Å². The number of likely N-dealkylation sites (tertiary alicyclic amines) is 1. The highest BCUT2D eigenvalue weighted by Gasteiger charge is 2.25. The highest BCUT2D eigenvalue weighted by atomic mass is 127. The van der Waals surface area contributed by atoms with Crippen LogP contribution >= 0.6 is 24.0 Å². The van der Waals surface area contributed by atoms with Crippen LogP contribution in [0, 0.1) is 18.8 Å². The highest BCUT2D eigenvalue weighted by molar-refractivity contribution is 14.0. The molecular weight excluding hydrogens is 455 g/mol. The van der Waals surface area contributed by atoms with Crippen molar-refractivity contribution in [3.8, 4) is 0 Å². The van der Waals surface area contributed by atoms with Gasteiger partial charge in [0.25, 0.3) is 5.91 Å². The van der Waals surface area contributed by atoms with E-state index >= 15 is 0 Å². The predicted octanol–water partition coefficient (Wildman–Crippen LogP) is 3.66. The van der Waals surface area contributed by atoms with Crippen LogP contribution in [-0.2, 0) is 0 Å². The van der Waals surface area contributed by atoms with Crippen LogP contribution in [0.1, 0.15) is 56.2 Å². The first-order chi connectivity index (χ1) is 12.5. The van der Waals surface area contributed by atoms with E-state index in [4.69, 9.17) is 9.41 Å². The Balaban J connectivity index is 0.00000364. The smallest absolute Gasteiger partial charge is 0.287 e. The minimum absolute atomic E-state index is 0. The summed E-state index contributed by atoms with van der Waals surface area (Å²) >= 11 is 0. The van der Waals surface area contributed by atoms with Crippen molar-refractivity contribution < 1.29 is 9.21 Å². The van der Waals surface area contributed by atoms with Crippen LogP contribution in [0.15, 0.2) is 21.7 Å². The molecule has 1 aromatic heterocycles. The Bertz CT molecular complexity index is 601. The largest absolute Gasteiger partial charge is 0.459 e. The van der Waals surface area contributed by atoms with Crippen molar-refractivity contribution in [2.24, 2.45) is 16.8 Å². The van der Waals surface area contributed by atoms with Crippen LogP contribution in [0.2, 0.25) is 0 Å². The molecule has 0 bridgehead atoms. The summed E-state index contributed by atoms with van der Waals surface area (Å²) in [7, 11) is 0. The summed E-state index contributed by atoms with van der Waals surface area (Å²) in [6.07, 6.45) is 4.89. The van der Waals surface area contributed by atoms with E-state index in [1.807, 2.05) is 6.92 Å². The van der Waals surface area contributed by atoms with Crippen LogP contribution < -0.4 is 10.6 Å². The molecule has 1 saturated heterocycles. The lowest BCUT2D eigenvalue weighted by atomic mass is 9.97. The number of hydrogen-bond acceptors (Lipinski definition) is 3. The first-order valence-electron chi connectivity index (χ1n) is 9.86. The maximum Gasteiger partial charge on any atom is 0.287 e. The summed E-state index contributed by atoms with van der Waals surface area (Å²) < 4.78 is 5.20. The Kier molecular flexibility index (Phi) is 10.8. The number of aliphatic imine (C=N–C) groups is 1. The van der Waals surface area contributed by atoms with E-state index in [-0.39, 0.29) is 29.9 Å². The second-order valence-corrected chi connectivity index (χ2v) is 7.51. The number of amides is 1. The summed E-state index contributed by atoms with van der Waals surface area (Å²) in [6.45, 7) is 12.9. The molecule has 0 saturated carbocycles. The SMILES string of the molecule is CCNC(=NCCCNC(=O)c1occc1C)N1CCC(CC(C)C)C1.I. The van der Waals surface area contributed by atoms with Crippen LogP contribution in [0.4, 0.5) is 0 Å². The third-order valence-corrected chi connectivity index (χ3v) is 4.68. The minimum Gasteiger partial charge on any atom is -0.459 e. The van der Waals surface area contributed by atoms with Crippen molar-refractivity contribution in [2.45, 2.75) is 47.0 Å². The van der Waals surface area contributed by atoms with E-state index in [1.54, 1.807) is 12.3 Å². The van der Waals surface area contributed by atoms with Crippen molar-refractivity contribution in [3.05, 3.63) is 23.7 Å². The number of carbonyl (C=O) groups is 1. The van der Waals surface area contributed by atoms with Gasteiger partial charge in [-0.25, -0.2) is 0 Å². The third-order valence-electron chi connectivity index (χ3n) is 4.68. The molecule has 0 aliphatic carbocycles. The molecule has 154 valence electrons. The van der Waals surface area contributed by atoms with Crippen molar-refractivity contribution in [2.75, 3.05) is 32.7 Å². The maximum absolute atomic E-state index is 12.0. The number of hydrogen-bond donors (Lipinski definition) is 2. The van der Waals surface area contributed by atoms with Gasteiger partial charge in [-0.15, -0.1) is 24.0 Å². The average molecular weight is 490 g/mol. The third kappa shape index (κ3) is 7.71. The van der Waals surface area contributed by atoms with Crippen LogP contribution in [-0.4, -0.2) is 49.5 Å². The molecule has 2 heterocycles. The Morgan fingerprint density at radius 1 is 1.41 bits per heavy atom. The zero-order valence-corrected chi connectivity index (χ0v) is 19.4. The molecule has 1 aliphatic rings. The first-order valence-corrected chi connectivity index (χ1v) is 9.86. The highest BCUT2D eigenvalue weighted by Crippen LogP contribution is 2.23. The fraction of sp³-hybridized carbons (Fsp3) is 0.700. The van der Waals surface area contributed by atoms with Gasteiger partial charge >= 0.3 is 0 Å². The van der Waals surface area contributed by atoms with Gasteiger partial charge in [-0.1, -0.05) is 13.8 Å². The molecule has 7 heteroatoms. The molecule has 1 amide bonds. The van der Waals surface area contributed by atoms with Crippen molar-refractivity contribution in [3.63, 3.8) is 0 Å².